The maximum Gasteiger partial charge on any atom is 0.193 e. The van der Waals surface area contributed by atoms with E-state index < -0.39 is 0 Å². The highest BCUT2D eigenvalue weighted by Crippen LogP contribution is 2.27. The van der Waals surface area contributed by atoms with E-state index in [2.05, 4.69) is 0 Å². The molecule has 102 valence electrons. The lowest BCUT2D eigenvalue weighted by atomic mass is 9.99. The Kier molecular flexibility index (Phi) is 3.18. The van der Waals surface area contributed by atoms with Crippen LogP contribution in [0.2, 0.25) is 0 Å². The predicted molar refractivity (Wildman–Crippen MR) is 76.8 cm³/mol. The van der Waals surface area contributed by atoms with E-state index in [-0.39, 0.29) is 5.78 Å². The first-order valence-electron chi connectivity index (χ1n) is 6.64. The molecule has 0 saturated carbocycles. The number of rotatable bonds is 3. The molecule has 0 amide bonds. The van der Waals surface area contributed by atoms with E-state index >= 15 is 0 Å². The molecule has 3 heteroatoms. The number of carbonyl (C=O) groups excluding carboxylic acids is 1. The third-order valence-electron chi connectivity index (χ3n) is 3.62. The summed E-state index contributed by atoms with van der Waals surface area (Å²) >= 11 is 0. The van der Waals surface area contributed by atoms with Gasteiger partial charge in [-0.3, -0.25) is 4.79 Å². The quantitative estimate of drug-likeness (QED) is 0.802. The van der Waals surface area contributed by atoms with Crippen LogP contribution in [-0.4, -0.2) is 19.5 Å². The molecule has 1 aliphatic heterocycles. The molecule has 0 atom stereocenters. The van der Waals surface area contributed by atoms with Crippen LogP contribution in [0.3, 0.4) is 0 Å². The van der Waals surface area contributed by atoms with Crippen molar-refractivity contribution >= 4 is 5.78 Å². The van der Waals surface area contributed by atoms with Crippen molar-refractivity contribution in [1.29, 1.82) is 0 Å². The number of benzene rings is 2. The van der Waals surface area contributed by atoms with E-state index in [4.69, 9.17) is 9.47 Å². The lowest BCUT2D eigenvalue weighted by molar-refractivity contribution is 0.103. The fourth-order valence-corrected chi connectivity index (χ4v) is 2.46. The minimum atomic E-state index is 0.0120. The fourth-order valence-electron chi connectivity index (χ4n) is 2.46. The van der Waals surface area contributed by atoms with Gasteiger partial charge in [0, 0.05) is 17.5 Å². The number of hydrogen-bond donors (Lipinski definition) is 0. The Labute approximate surface area is 118 Å². The van der Waals surface area contributed by atoms with Gasteiger partial charge in [-0.1, -0.05) is 12.1 Å². The molecule has 20 heavy (non-hydrogen) atoms. The number of aryl methyl sites for hydroxylation is 1. The van der Waals surface area contributed by atoms with Gasteiger partial charge in [-0.25, -0.2) is 0 Å². The Hall–Kier alpha value is -2.29. The van der Waals surface area contributed by atoms with Crippen molar-refractivity contribution in [1.82, 2.24) is 0 Å². The first-order valence-corrected chi connectivity index (χ1v) is 6.64. The lowest BCUT2D eigenvalue weighted by Gasteiger charge is -2.08. The summed E-state index contributed by atoms with van der Waals surface area (Å²) in [6, 6.07) is 11.2. The van der Waals surface area contributed by atoms with Gasteiger partial charge in [0.25, 0.3) is 0 Å². The maximum atomic E-state index is 12.5. The second-order valence-electron chi connectivity index (χ2n) is 4.93. The number of methoxy groups -OCH3 is 1. The van der Waals surface area contributed by atoms with Gasteiger partial charge in [-0.15, -0.1) is 0 Å². The molecule has 0 aliphatic carbocycles. The van der Waals surface area contributed by atoms with Crippen LogP contribution in [0.1, 0.15) is 27.0 Å². The van der Waals surface area contributed by atoms with Gasteiger partial charge in [0.05, 0.1) is 13.7 Å². The van der Waals surface area contributed by atoms with Gasteiger partial charge in [-0.2, -0.15) is 0 Å². The molecular formula is C17H16O3. The molecule has 0 aromatic heterocycles. The SMILES string of the molecule is COc1cc(C(=O)c2ccc3c(c2)CCO3)ccc1C. The lowest BCUT2D eigenvalue weighted by Crippen LogP contribution is -2.02. The predicted octanol–water partition coefficient (Wildman–Crippen LogP) is 3.17. The molecule has 3 rings (SSSR count). The average Bonchev–Trinajstić information content (AvgIpc) is 2.94. The monoisotopic (exact) mass is 268 g/mol. The third-order valence-corrected chi connectivity index (χ3v) is 3.62. The zero-order chi connectivity index (χ0) is 14.1. The zero-order valence-electron chi connectivity index (χ0n) is 11.6. The number of fused-ring (bicyclic) bond motifs is 1. The van der Waals surface area contributed by atoms with Crippen molar-refractivity contribution in [2.75, 3.05) is 13.7 Å². The Bertz CT molecular complexity index is 661. The van der Waals surface area contributed by atoms with E-state index in [1.165, 1.54) is 0 Å². The second-order valence-corrected chi connectivity index (χ2v) is 4.93. The molecule has 0 spiro atoms. The molecule has 0 fully saturated rings. The summed E-state index contributed by atoms with van der Waals surface area (Å²) < 4.78 is 10.7. The first kappa shape index (κ1) is 12.7. The Morgan fingerprint density at radius 2 is 1.90 bits per heavy atom. The summed E-state index contributed by atoms with van der Waals surface area (Å²) in [6.45, 7) is 2.66. The van der Waals surface area contributed by atoms with Gasteiger partial charge in [-0.05, 0) is 42.3 Å². The van der Waals surface area contributed by atoms with Crippen molar-refractivity contribution in [3.63, 3.8) is 0 Å². The molecule has 1 heterocycles. The van der Waals surface area contributed by atoms with Gasteiger partial charge in [0.1, 0.15) is 11.5 Å². The van der Waals surface area contributed by atoms with Crippen LogP contribution in [0.5, 0.6) is 11.5 Å². The van der Waals surface area contributed by atoms with Crippen LogP contribution >= 0.6 is 0 Å². The van der Waals surface area contributed by atoms with Gasteiger partial charge >= 0.3 is 0 Å². The van der Waals surface area contributed by atoms with E-state index in [0.29, 0.717) is 17.7 Å². The van der Waals surface area contributed by atoms with Crippen LogP contribution in [-0.2, 0) is 6.42 Å². The topological polar surface area (TPSA) is 35.5 Å². The Morgan fingerprint density at radius 1 is 1.15 bits per heavy atom. The van der Waals surface area contributed by atoms with Gasteiger partial charge in [0.2, 0.25) is 0 Å². The standard InChI is InChI=1S/C17H16O3/c1-11-3-4-14(10-16(11)19-2)17(18)13-5-6-15-12(9-13)7-8-20-15/h3-6,9-10H,7-8H2,1-2H3. The third kappa shape index (κ3) is 2.16. The fraction of sp³-hybridized carbons (Fsp3) is 0.235. The Morgan fingerprint density at radius 3 is 2.70 bits per heavy atom. The largest absolute Gasteiger partial charge is 0.496 e. The van der Waals surface area contributed by atoms with E-state index in [9.17, 15) is 4.79 Å². The van der Waals surface area contributed by atoms with E-state index in [1.807, 2.05) is 37.3 Å². The minimum absolute atomic E-state index is 0.0120. The van der Waals surface area contributed by atoms with Crippen LogP contribution in [0, 0.1) is 6.92 Å². The molecule has 0 unspecified atom stereocenters. The molecule has 0 radical (unpaired) electrons. The number of ether oxygens (including phenoxy) is 2. The van der Waals surface area contributed by atoms with Crippen LogP contribution in [0.25, 0.3) is 0 Å². The summed E-state index contributed by atoms with van der Waals surface area (Å²) in [7, 11) is 1.61. The normalized spacial score (nSPS) is 12.7. The summed E-state index contributed by atoms with van der Waals surface area (Å²) in [5, 5.41) is 0. The van der Waals surface area contributed by atoms with Crippen molar-refractivity contribution in [3.8, 4) is 11.5 Å². The van der Waals surface area contributed by atoms with Gasteiger partial charge < -0.3 is 9.47 Å². The highest BCUT2D eigenvalue weighted by molar-refractivity contribution is 6.09. The maximum absolute atomic E-state index is 12.5. The van der Waals surface area contributed by atoms with E-state index in [0.717, 1.165) is 29.0 Å². The number of carbonyl (C=O) groups is 1. The minimum Gasteiger partial charge on any atom is -0.496 e. The van der Waals surface area contributed by atoms with E-state index in [1.54, 1.807) is 13.2 Å². The van der Waals surface area contributed by atoms with Crippen LogP contribution in [0.15, 0.2) is 36.4 Å². The second kappa shape index (κ2) is 5.00. The van der Waals surface area contributed by atoms with Gasteiger partial charge in [0.15, 0.2) is 5.78 Å². The molecular weight excluding hydrogens is 252 g/mol. The van der Waals surface area contributed by atoms with Crippen LogP contribution < -0.4 is 9.47 Å². The summed E-state index contributed by atoms with van der Waals surface area (Å²) in [5.41, 5.74) is 3.47. The molecule has 0 saturated heterocycles. The smallest absolute Gasteiger partial charge is 0.193 e. The molecule has 2 aromatic carbocycles. The summed E-state index contributed by atoms with van der Waals surface area (Å²) in [5.74, 6) is 1.64. The average molecular weight is 268 g/mol. The summed E-state index contributed by atoms with van der Waals surface area (Å²) in [6.07, 6.45) is 0.869. The first-order chi connectivity index (χ1) is 9.69. The zero-order valence-corrected chi connectivity index (χ0v) is 11.6. The molecule has 0 N–H and O–H groups in total. The number of hydrogen-bond acceptors (Lipinski definition) is 3. The van der Waals surface area contributed by atoms with Crippen LogP contribution in [0.4, 0.5) is 0 Å². The summed E-state index contributed by atoms with van der Waals surface area (Å²) in [4.78, 5) is 12.5. The number of ketones is 1. The molecule has 0 bridgehead atoms. The van der Waals surface area contributed by atoms with Crippen molar-refractivity contribution in [3.05, 3.63) is 58.7 Å². The van der Waals surface area contributed by atoms with Crippen molar-refractivity contribution in [2.24, 2.45) is 0 Å². The van der Waals surface area contributed by atoms with Crippen molar-refractivity contribution in [2.45, 2.75) is 13.3 Å². The Balaban J connectivity index is 1.96. The molecule has 3 nitrogen and oxygen atoms in total. The highest BCUT2D eigenvalue weighted by Gasteiger charge is 2.16. The molecule has 1 aliphatic rings. The highest BCUT2D eigenvalue weighted by atomic mass is 16.5. The molecule has 2 aromatic rings. The van der Waals surface area contributed by atoms with Crippen molar-refractivity contribution < 1.29 is 14.3 Å².